The first-order valence-electron chi connectivity index (χ1n) is 22.4. The van der Waals surface area contributed by atoms with Gasteiger partial charge in [0.2, 0.25) is 0 Å². The summed E-state index contributed by atoms with van der Waals surface area (Å²) in [5.74, 6) is 0.974. The Balaban J connectivity index is 0.000000158. The van der Waals surface area contributed by atoms with Gasteiger partial charge in [-0.2, -0.15) is 15.8 Å². The van der Waals surface area contributed by atoms with E-state index in [9.17, 15) is 24.9 Å². The van der Waals surface area contributed by atoms with Crippen LogP contribution in [-0.4, -0.2) is 66.4 Å². The number of benzene rings is 2. The van der Waals surface area contributed by atoms with Crippen molar-refractivity contribution in [1.29, 1.82) is 15.8 Å². The fraction of sp³-hybridized carbons (Fsp3) is 0.547. The molecule has 0 amide bonds. The van der Waals surface area contributed by atoms with Crippen LogP contribution in [0.5, 0.6) is 0 Å². The molecule has 0 saturated carbocycles. The number of hydrogen-bond acceptors (Lipinski definition) is 9. The Labute approximate surface area is 370 Å². The number of nitriles is 3. The molecule has 0 aromatic heterocycles. The van der Waals surface area contributed by atoms with E-state index in [-0.39, 0.29) is 33.6 Å². The first-order chi connectivity index (χ1) is 29.1. The zero-order valence-electron chi connectivity index (χ0n) is 38.5. The van der Waals surface area contributed by atoms with Crippen molar-refractivity contribution in [3.63, 3.8) is 0 Å². The van der Waals surface area contributed by atoms with Gasteiger partial charge >= 0.3 is 0 Å². The predicted molar refractivity (Wildman–Crippen MR) is 242 cm³/mol. The second-order valence-electron chi connectivity index (χ2n) is 21.3. The summed E-state index contributed by atoms with van der Waals surface area (Å²) >= 11 is 0. The van der Waals surface area contributed by atoms with E-state index in [2.05, 4.69) is 103 Å². The van der Waals surface area contributed by atoms with E-state index >= 15 is 0 Å². The quantitative estimate of drug-likeness (QED) is 0.320. The van der Waals surface area contributed by atoms with Gasteiger partial charge in [-0.25, -0.2) is 0 Å². The van der Waals surface area contributed by atoms with Gasteiger partial charge in [-0.3, -0.25) is 24.2 Å². The Bertz CT molecular complexity index is 2150. The summed E-state index contributed by atoms with van der Waals surface area (Å²) in [5, 5.41) is 31.1. The van der Waals surface area contributed by atoms with Crippen LogP contribution in [0.25, 0.3) is 0 Å². The Hall–Kier alpha value is -4.98. The largest absolute Gasteiger partial charge is 0.316 e. The number of Topliss-reactive ketones (excluding diaryl/α,β-unsaturated/α-hetero) is 3. The lowest BCUT2D eigenvalue weighted by Crippen LogP contribution is -2.55. The van der Waals surface area contributed by atoms with Gasteiger partial charge in [0.1, 0.15) is 18.2 Å². The summed E-state index contributed by atoms with van der Waals surface area (Å²) < 4.78 is 0. The van der Waals surface area contributed by atoms with Crippen LogP contribution in [-0.2, 0) is 27.5 Å². The Morgan fingerprint density at radius 2 is 0.871 bits per heavy atom. The second-order valence-corrected chi connectivity index (χ2v) is 21.3. The molecular weight excluding hydrogens is 769 g/mol. The van der Waals surface area contributed by atoms with Crippen molar-refractivity contribution in [3.8, 4) is 18.2 Å². The Morgan fingerprint density at radius 3 is 1.23 bits per heavy atom. The van der Waals surface area contributed by atoms with Gasteiger partial charge in [0.05, 0.1) is 16.7 Å². The van der Waals surface area contributed by atoms with Crippen molar-refractivity contribution >= 4 is 17.3 Å². The molecule has 9 nitrogen and oxygen atoms in total. The number of nitrogens with zero attached hydrogens (tertiary/aromatic N) is 5. The Kier molecular flexibility index (Phi) is 13.2. The van der Waals surface area contributed by atoms with E-state index in [1.165, 1.54) is 11.1 Å². The van der Waals surface area contributed by atoms with Crippen molar-refractivity contribution in [3.05, 3.63) is 107 Å². The molecule has 3 aliphatic heterocycles. The molecule has 3 aliphatic carbocycles. The molecule has 6 aliphatic rings. The summed E-state index contributed by atoms with van der Waals surface area (Å²) in [6.07, 6.45) is 8.78. The van der Waals surface area contributed by atoms with Crippen LogP contribution in [0.3, 0.4) is 0 Å². The average molecular weight is 835 g/mol. The van der Waals surface area contributed by atoms with E-state index < -0.39 is 16.2 Å². The highest BCUT2D eigenvalue weighted by molar-refractivity contribution is 6.05. The summed E-state index contributed by atoms with van der Waals surface area (Å²) in [7, 11) is 0. The topological polar surface area (TPSA) is 141 Å². The van der Waals surface area contributed by atoms with Crippen LogP contribution in [0.2, 0.25) is 0 Å². The molecule has 6 atom stereocenters. The van der Waals surface area contributed by atoms with Crippen molar-refractivity contribution in [2.24, 2.45) is 50.2 Å². The van der Waals surface area contributed by atoms with E-state index in [0.29, 0.717) is 34.5 Å². The third-order valence-corrected chi connectivity index (χ3v) is 15.5. The fourth-order valence-corrected chi connectivity index (χ4v) is 12.6. The van der Waals surface area contributed by atoms with E-state index in [4.69, 9.17) is 5.26 Å². The monoisotopic (exact) mass is 835 g/mol. The molecule has 0 radical (unpaired) electrons. The number of carbonyl (C=O) groups is 3. The molecule has 0 spiro atoms. The lowest BCUT2D eigenvalue weighted by molar-refractivity contribution is -0.132. The summed E-state index contributed by atoms with van der Waals surface area (Å²) in [4.78, 5) is 42.1. The van der Waals surface area contributed by atoms with Crippen LogP contribution in [0.4, 0.5) is 0 Å². The van der Waals surface area contributed by atoms with Gasteiger partial charge in [-0.1, -0.05) is 141 Å². The normalized spacial score (nSPS) is 32.1. The Morgan fingerprint density at radius 1 is 0.532 bits per heavy atom. The number of allylic oxidation sites excluding steroid dienone is 3. The van der Waals surface area contributed by atoms with Gasteiger partial charge in [0.15, 0.2) is 17.3 Å². The standard InChI is InChI=1S/2C20H24N2O.C13H18N2O/c2*1-19(2)17-9-10-22(13-15-7-5-4-6-8-15)14-20(17,3)11-16(12-21)18(19)23;1-12(2)10-4-5-15-8-13(10,3)6-9(7-14)11(12)16/h2*4-8,11,17H,9-10,13-14H2,1-3H3;6,10,15H,4-5,8H2,1-3H3/t2*17-,20+;10-,13+/m100/s1. The average Bonchev–Trinajstić information content (AvgIpc) is 3.23. The van der Waals surface area contributed by atoms with E-state index in [0.717, 1.165) is 71.6 Å². The lowest BCUT2D eigenvalue weighted by Gasteiger charge is -2.53. The molecule has 3 saturated heterocycles. The first-order valence-corrected chi connectivity index (χ1v) is 22.4. The molecule has 0 unspecified atom stereocenters. The van der Waals surface area contributed by atoms with Crippen LogP contribution >= 0.6 is 0 Å². The summed E-state index contributed by atoms with van der Waals surface area (Å²) in [6.45, 7) is 26.0. The summed E-state index contributed by atoms with van der Waals surface area (Å²) in [5.41, 5.74) is 2.05. The van der Waals surface area contributed by atoms with Gasteiger partial charge in [-0.15, -0.1) is 0 Å². The highest BCUT2D eigenvalue weighted by atomic mass is 16.1. The smallest absolute Gasteiger partial charge is 0.178 e. The third kappa shape index (κ3) is 8.94. The van der Waals surface area contributed by atoms with Crippen molar-refractivity contribution in [1.82, 2.24) is 15.1 Å². The molecular formula is C53H66N6O3. The predicted octanol–water partition coefficient (Wildman–Crippen LogP) is 8.81. The minimum Gasteiger partial charge on any atom is -0.316 e. The number of likely N-dealkylation sites (tertiary alicyclic amines) is 2. The highest BCUT2D eigenvalue weighted by Gasteiger charge is 2.55. The second kappa shape index (κ2) is 17.7. The molecule has 8 rings (SSSR count). The van der Waals surface area contributed by atoms with Crippen LogP contribution in [0.1, 0.15) is 92.7 Å². The van der Waals surface area contributed by atoms with Crippen LogP contribution < -0.4 is 5.32 Å². The number of hydrogen-bond donors (Lipinski definition) is 1. The maximum Gasteiger partial charge on any atom is 0.178 e. The maximum absolute atomic E-state index is 12.5. The molecule has 3 heterocycles. The molecule has 1 N–H and O–H groups in total. The summed E-state index contributed by atoms with van der Waals surface area (Å²) in [6, 6.07) is 27.3. The SMILES string of the molecule is CC1(C)C(=O)C(C#N)=C[C@@]2(C)CN(Cc3ccccc3)CC[C@H]12.CC1(C)C(=O)C(C#N)=C[C@]2(C)CN(Cc3ccccc3)CC[C@@H]12.CC1(C)C(=O)C(C#N)=C[C@]2(C)CNCC[C@@H]12. The fourth-order valence-electron chi connectivity index (χ4n) is 12.6. The van der Waals surface area contributed by atoms with E-state index in [1.54, 1.807) is 0 Å². The van der Waals surface area contributed by atoms with Gasteiger partial charge in [-0.05, 0) is 67.8 Å². The zero-order chi connectivity index (χ0) is 45.3. The number of carbonyl (C=O) groups excluding carboxylic acids is 3. The number of ketones is 3. The van der Waals surface area contributed by atoms with Gasteiger partial charge in [0, 0.05) is 65.2 Å². The molecule has 326 valence electrons. The van der Waals surface area contributed by atoms with Gasteiger partial charge < -0.3 is 5.32 Å². The minimum atomic E-state index is -0.451. The van der Waals surface area contributed by atoms with Gasteiger partial charge in [0.25, 0.3) is 0 Å². The number of fused-ring (bicyclic) bond motifs is 3. The third-order valence-electron chi connectivity index (χ3n) is 15.5. The molecule has 0 bridgehead atoms. The van der Waals surface area contributed by atoms with Crippen LogP contribution in [0, 0.1) is 84.2 Å². The lowest BCUT2D eigenvalue weighted by atomic mass is 9.55. The first kappa shape index (κ1) is 46.5. The van der Waals surface area contributed by atoms with Crippen molar-refractivity contribution in [2.75, 3.05) is 39.3 Å². The molecule has 2 aromatic carbocycles. The maximum atomic E-state index is 12.5. The molecule has 3 fully saturated rings. The van der Waals surface area contributed by atoms with E-state index in [1.807, 2.05) is 71.9 Å². The van der Waals surface area contributed by atoms with Crippen molar-refractivity contribution in [2.45, 2.75) is 94.7 Å². The van der Waals surface area contributed by atoms with Crippen LogP contribution in [0.15, 0.2) is 95.6 Å². The molecule has 62 heavy (non-hydrogen) atoms. The van der Waals surface area contributed by atoms with Crippen molar-refractivity contribution < 1.29 is 14.4 Å². The molecule has 2 aromatic rings. The number of rotatable bonds is 4. The minimum absolute atomic E-state index is 0.0129. The number of nitrogens with one attached hydrogen (secondary N) is 1. The molecule has 9 heteroatoms. The zero-order valence-corrected chi connectivity index (χ0v) is 38.5. The highest BCUT2D eigenvalue weighted by Crippen LogP contribution is 2.54. The number of piperidine rings is 3.